The fourth-order valence-electron chi connectivity index (χ4n) is 3.20. The van der Waals surface area contributed by atoms with Crippen LogP contribution >= 0.6 is 0 Å². The SMILES string of the molecule is COc1cc(/C=C2/NC(=O)N(Cc3ccccc3)C2=O)ccc1-n1cnc(C)c1. The highest BCUT2D eigenvalue weighted by molar-refractivity contribution is 6.13. The number of nitrogens with one attached hydrogen (secondary N) is 1. The van der Waals surface area contributed by atoms with Gasteiger partial charge in [-0.25, -0.2) is 9.78 Å². The van der Waals surface area contributed by atoms with Gasteiger partial charge >= 0.3 is 6.03 Å². The molecule has 2 aromatic carbocycles. The molecule has 0 saturated carbocycles. The van der Waals surface area contributed by atoms with Crippen molar-refractivity contribution in [3.8, 4) is 11.4 Å². The largest absolute Gasteiger partial charge is 0.495 e. The van der Waals surface area contributed by atoms with Crippen LogP contribution in [0.2, 0.25) is 0 Å². The lowest BCUT2D eigenvalue weighted by atomic mass is 10.1. The third-order valence-corrected chi connectivity index (χ3v) is 4.65. The van der Waals surface area contributed by atoms with E-state index in [1.54, 1.807) is 19.5 Å². The molecule has 1 aliphatic heterocycles. The van der Waals surface area contributed by atoms with Crippen LogP contribution in [0.15, 0.2) is 66.8 Å². The van der Waals surface area contributed by atoms with E-state index >= 15 is 0 Å². The van der Waals surface area contributed by atoms with Crippen LogP contribution in [0.1, 0.15) is 16.8 Å². The molecular weight excluding hydrogens is 368 g/mol. The second-order valence-electron chi connectivity index (χ2n) is 6.72. The lowest BCUT2D eigenvalue weighted by molar-refractivity contribution is -0.123. The number of hydrogen-bond acceptors (Lipinski definition) is 4. The van der Waals surface area contributed by atoms with Gasteiger partial charge in [0.2, 0.25) is 0 Å². The predicted octanol–water partition coefficient (Wildman–Crippen LogP) is 3.28. The van der Waals surface area contributed by atoms with Crippen LogP contribution in [0, 0.1) is 6.92 Å². The van der Waals surface area contributed by atoms with Gasteiger partial charge in [-0.3, -0.25) is 9.69 Å². The molecule has 1 aromatic heterocycles. The maximum Gasteiger partial charge on any atom is 0.329 e. The zero-order chi connectivity index (χ0) is 20.4. The van der Waals surface area contributed by atoms with E-state index in [9.17, 15) is 9.59 Å². The maximum absolute atomic E-state index is 12.7. The number of aromatic nitrogens is 2. The number of carbonyl (C=O) groups is 2. The number of rotatable bonds is 5. The minimum absolute atomic E-state index is 0.227. The molecule has 1 fully saturated rings. The van der Waals surface area contributed by atoms with E-state index in [0.717, 1.165) is 22.5 Å². The number of methoxy groups -OCH3 is 1. The molecule has 146 valence electrons. The van der Waals surface area contributed by atoms with Gasteiger partial charge < -0.3 is 14.6 Å². The summed E-state index contributed by atoms with van der Waals surface area (Å²) in [6.45, 7) is 2.14. The normalized spacial score (nSPS) is 15.1. The summed E-state index contributed by atoms with van der Waals surface area (Å²) in [5, 5.41) is 2.65. The summed E-state index contributed by atoms with van der Waals surface area (Å²) in [5.41, 5.74) is 3.60. The van der Waals surface area contributed by atoms with Gasteiger partial charge in [0.05, 0.1) is 31.4 Å². The summed E-state index contributed by atoms with van der Waals surface area (Å²) < 4.78 is 7.37. The van der Waals surface area contributed by atoms with E-state index in [4.69, 9.17) is 4.74 Å². The van der Waals surface area contributed by atoms with Crippen molar-refractivity contribution < 1.29 is 14.3 Å². The van der Waals surface area contributed by atoms with Crippen molar-refractivity contribution in [3.05, 3.63) is 83.6 Å². The van der Waals surface area contributed by atoms with E-state index in [1.807, 2.05) is 66.2 Å². The standard InChI is InChI=1S/C22H20N4O3/c1-15-12-25(14-23-15)19-9-8-17(11-20(19)29-2)10-18-21(27)26(22(28)24-18)13-16-6-4-3-5-7-16/h3-12,14H,13H2,1-2H3,(H,24,28)/b18-10+. The number of aryl methyl sites for hydroxylation is 1. The molecule has 1 saturated heterocycles. The molecule has 0 unspecified atom stereocenters. The first-order chi connectivity index (χ1) is 14.0. The molecule has 0 atom stereocenters. The zero-order valence-electron chi connectivity index (χ0n) is 16.1. The van der Waals surface area contributed by atoms with Crippen molar-refractivity contribution in [2.75, 3.05) is 7.11 Å². The van der Waals surface area contributed by atoms with Crippen LogP contribution in [0.5, 0.6) is 5.75 Å². The molecule has 4 rings (SSSR count). The molecule has 3 amide bonds. The van der Waals surface area contributed by atoms with Crippen LogP contribution < -0.4 is 10.1 Å². The summed E-state index contributed by atoms with van der Waals surface area (Å²) in [7, 11) is 1.59. The minimum atomic E-state index is -0.428. The van der Waals surface area contributed by atoms with Gasteiger partial charge in [-0.05, 0) is 36.3 Å². The summed E-state index contributed by atoms with van der Waals surface area (Å²) in [6, 6.07) is 14.5. The molecule has 0 radical (unpaired) electrons. The number of hydrogen-bond donors (Lipinski definition) is 1. The quantitative estimate of drug-likeness (QED) is 0.538. The van der Waals surface area contributed by atoms with Crippen LogP contribution in [0.3, 0.4) is 0 Å². The minimum Gasteiger partial charge on any atom is -0.495 e. The van der Waals surface area contributed by atoms with Gasteiger partial charge in [-0.1, -0.05) is 36.4 Å². The van der Waals surface area contributed by atoms with E-state index in [0.29, 0.717) is 5.75 Å². The fraction of sp³-hybridized carbons (Fsp3) is 0.136. The predicted molar refractivity (Wildman–Crippen MR) is 108 cm³/mol. The molecule has 29 heavy (non-hydrogen) atoms. The van der Waals surface area contributed by atoms with Gasteiger partial charge in [0.15, 0.2) is 0 Å². The van der Waals surface area contributed by atoms with Crippen molar-refractivity contribution >= 4 is 18.0 Å². The summed E-state index contributed by atoms with van der Waals surface area (Å²) >= 11 is 0. The number of nitrogens with zero attached hydrogens (tertiary/aromatic N) is 3. The van der Waals surface area contributed by atoms with Crippen molar-refractivity contribution in [3.63, 3.8) is 0 Å². The van der Waals surface area contributed by atoms with Crippen LogP contribution in [-0.4, -0.2) is 33.5 Å². The molecule has 7 nitrogen and oxygen atoms in total. The van der Waals surface area contributed by atoms with Crippen molar-refractivity contribution in [2.45, 2.75) is 13.5 Å². The van der Waals surface area contributed by atoms with Crippen LogP contribution in [-0.2, 0) is 11.3 Å². The number of carbonyl (C=O) groups excluding carboxylic acids is 2. The third-order valence-electron chi connectivity index (χ3n) is 4.65. The first-order valence-electron chi connectivity index (χ1n) is 9.12. The highest BCUT2D eigenvalue weighted by Crippen LogP contribution is 2.26. The number of benzene rings is 2. The zero-order valence-corrected chi connectivity index (χ0v) is 16.1. The second kappa shape index (κ2) is 7.63. The fourth-order valence-corrected chi connectivity index (χ4v) is 3.20. The van der Waals surface area contributed by atoms with E-state index < -0.39 is 6.03 Å². The topological polar surface area (TPSA) is 76.5 Å². The lowest BCUT2D eigenvalue weighted by Crippen LogP contribution is -2.30. The number of imidazole rings is 1. The molecule has 1 N–H and O–H groups in total. The van der Waals surface area contributed by atoms with E-state index in [1.165, 1.54) is 4.90 Å². The van der Waals surface area contributed by atoms with Crippen LogP contribution in [0.4, 0.5) is 4.79 Å². The van der Waals surface area contributed by atoms with Gasteiger partial charge in [0.25, 0.3) is 5.91 Å². The highest BCUT2D eigenvalue weighted by Gasteiger charge is 2.33. The maximum atomic E-state index is 12.7. The van der Waals surface area contributed by atoms with Gasteiger partial charge in [0, 0.05) is 6.20 Å². The summed E-state index contributed by atoms with van der Waals surface area (Å²) in [4.78, 5) is 30.4. The van der Waals surface area contributed by atoms with Gasteiger partial charge in [-0.15, -0.1) is 0 Å². The summed E-state index contributed by atoms with van der Waals surface area (Å²) in [5.74, 6) is 0.279. The van der Waals surface area contributed by atoms with Crippen LogP contribution in [0.25, 0.3) is 11.8 Å². The number of urea groups is 1. The average Bonchev–Trinajstić information content (AvgIpc) is 3.27. The van der Waals surface area contributed by atoms with Crippen molar-refractivity contribution in [1.29, 1.82) is 0 Å². The first kappa shape index (κ1) is 18.5. The molecule has 0 bridgehead atoms. The lowest BCUT2D eigenvalue weighted by Gasteiger charge is -2.11. The molecule has 0 spiro atoms. The van der Waals surface area contributed by atoms with E-state index in [-0.39, 0.29) is 18.1 Å². The first-order valence-corrected chi connectivity index (χ1v) is 9.12. The molecule has 7 heteroatoms. The second-order valence-corrected chi connectivity index (χ2v) is 6.72. The Kier molecular flexibility index (Phi) is 4.87. The molecule has 1 aliphatic rings. The van der Waals surface area contributed by atoms with Crippen molar-refractivity contribution in [1.82, 2.24) is 19.8 Å². The Bertz CT molecular complexity index is 1100. The van der Waals surface area contributed by atoms with Gasteiger partial charge in [0.1, 0.15) is 11.4 Å². The Morgan fingerprint density at radius 1 is 1.14 bits per heavy atom. The monoisotopic (exact) mass is 388 g/mol. The molecular formula is C22H20N4O3. The Morgan fingerprint density at radius 3 is 2.62 bits per heavy atom. The number of imide groups is 1. The Hall–Kier alpha value is -3.87. The number of amides is 3. The Balaban J connectivity index is 1.59. The molecule has 2 heterocycles. The highest BCUT2D eigenvalue weighted by atomic mass is 16.5. The smallest absolute Gasteiger partial charge is 0.329 e. The average molecular weight is 388 g/mol. The Labute approximate surface area is 168 Å². The van der Waals surface area contributed by atoms with Crippen molar-refractivity contribution in [2.24, 2.45) is 0 Å². The Morgan fingerprint density at radius 2 is 1.93 bits per heavy atom. The summed E-state index contributed by atoms with van der Waals surface area (Å²) in [6.07, 6.45) is 5.27. The van der Waals surface area contributed by atoms with E-state index in [2.05, 4.69) is 10.3 Å². The third kappa shape index (κ3) is 3.75. The molecule has 3 aromatic rings. The molecule has 0 aliphatic carbocycles. The van der Waals surface area contributed by atoms with Gasteiger partial charge in [-0.2, -0.15) is 0 Å². The number of ether oxygens (including phenoxy) is 1.